The van der Waals surface area contributed by atoms with Gasteiger partial charge in [0, 0.05) is 11.6 Å². The average Bonchev–Trinajstić information content (AvgIpc) is 2.10. The lowest BCUT2D eigenvalue weighted by Gasteiger charge is -2.11. The predicted molar refractivity (Wildman–Crippen MR) is 46.8 cm³/mol. The molecule has 0 saturated carbocycles. The van der Waals surface area contributed by atoms with Crippen LogP contribution in [-0.2, 0) is 0 Å². The molecule has 4 N–H and O–H groups in total. The van der Waals surface area contributed by atoms with Crippen molar-refractivity contribution < 1.29 is 14.6 Å². The molecule has 1 aromatic rings. The molecule has 0 aliphatic rings. The van der Waals surface area contributed by atoms with Crippen molar-refractivity contribution in [1.82, 2.24) is 0 Å². The van der Waals surface area contributed by atoms with E-state index in [1.54, 1.807) is 6.92 Å². The maximum Gasteiger partial charge on any atom is 0.131 e. The first-order valence-corrected chi connectivity index (χ1v) is 3.91. The van der Waals surface area contributed by atoms with Crippen LogP contribution in [0.4, 0.5) is 4.39 Å². The number of phenols is 1. The molecule has 13 heavy (non-hydrogen) atoms. The number of aryl methyl sites for hydroxylation is 1. The molecule has 0 aromatic heterocycles. The van der Waals surface area contributed by atoms with E-state index in [1.807, 2.05) is 0 Å². The van der Waals surface area contributed by atoms with Crippen LogP contribution in [0.25, 0.3) is 0 Å². The van der Waals surface area contributed by atoms with Gasteiger partial charge < -0.3 is 15.9 Å². The Hall–Kier alpha value is -1.13. The van der Waals surface area contributed by atoms with E-state index in [9.17, 15) is 4.39 Å². The Kier molecular flexibility index (Phi) is 2.85. The third-order valence-electron chi connectivity index (χ3n) is 1.91. The summed E-state index contributed by atoms with van der Waals surface area (Å²) in [5.41, 5.74) is 6.20. The van der Waals surface area contributed by atoms with Crippen LogP contribution in [0, 0.1) is 12.7 Å². The summed E-state index contributed by atoms with van der Waals surface area (Å²) < 4.78 is 13.1. The standard InChI is InChI=1S/C9H12FNO2/c1-5-2-6(8(11)4-12)7(10)3-9(5)13/h2-3,8,12-13H,4,11H2,1H3. The maximum absolute atomic E-state index is 13.1. The largest absolute Gasteiger partial charge is 0.508 e. The fraction of sp³-hybridized carbons (Fsp3) is 0.333. The normalized spacial score (nSPS) is 12.9. The number of phenolic OH excluding ortho intramolecular Hbond substituents is 1. The molecule has 0 fully saturated rings. The fourth-order valence-corrected chi connectivity index (χ4v) is 1.08. The molecule has 0 aliphatic heterocycles. The van der Waals surface area contributed by atoms with E-state index in [4.69, 9.17) is 15.9 Å². The van der Waals surface area contributed by atoms with Gasteiger partial charge in [-0.3, -0.25) is 0 Å². The third-order valence-corrected chi connectivity index (χ3v) is 1.91. The number of halogens is 1. The van der Waals surface area contributed by atoms with Crippen LogP contribution in [0.1, 0.15) is 17.2 Å². The number of nitrogens with two attached hydrogens (primary N) is 1. The van der Waals surface area contributed by atoms with Crippen molar-refractivity contribution in [2.75, 3.05) is 6.61 Å². The van der Waals surface area contributed by atoms with Crippen molar-refractivity contribution in [2.45, 2.75) is 13.0 Å². The van der Waals surface area contributed by atoms with Gasteiger partial charge in [0.15, 0.2) is 0 Å². The van der Waals surface area contributed by atoms with Crippen molar-refractivity contribution in [1.29, 1.82) is 0 Å². The van der Waals surface area contributed by atoms with E-state index in [2.05, 4.69) is 0 Å². The summed E-state index contributed by atoms with van der Waals surface area (Å²) in [7, 11) is 0. The molecular weight excluding hydrogens is 173 g/mol. The van der Waals surface area contributed by atoms with Gasteiger partial charge in [-0.2, -0.15) is 0 Å². The monoisotopic (exact) mass is 185 g/mol. The maximum atomic E-state index is 13.1. The second-order valence-electron chi connectivity index (χ2n) is 2.95. The predicted octanol–water partition coefficient (Wildman–Crippen LogP) is 0.832. The summed E-state index contributed by atoms with van der Waals surface area (Å²) >= 11 is 0. The van der Waals surface area contributed by atoms with Crippen molar-refractivity contribution in [3.63, 3.8) is 0 Å². The zero-order valence-corrected chi connectivity index (χ0v) is 7.29. The Labute approximate surface area is 75.6 Å². The third kappa shape index (κ3) is 1.96. The average molecular weight is 185 g/mol. The highest BCUT2D eigenvalue weighted by Crippen LogP contribution is 2.23. The van der Waals surface area contributed by atoms with E-state index < -0.39 is 11.9 Å². The van der Waals surface area contributed by atoms with Gasteiger partial charge in [-0.25, -0.2) is 4.39 Å². The van der Waals surface area contributed by atoms with E-state index in [1.165, 1.54) is 6.07 Å². The Balaban J connectivity index is 3.15. The van der Waals surface area contributed by atoms with E-state index in [0.29, 0.717) is 5.56 Å². The van der Waals surface area contributed by atoms with E-state index in [0.717, 1.165) is 6.07 Å². The molecule has 1 aromatic carbocycles. The Morgan fingerprint density at radius 2 is 2.15 bits per heavy atom. The van der Waals surface area contributed by atoms with Crippen molar-refractivity contribution in [3.8, 4) is 5.75 Å². The minimum Gasteiger partial charge on any atom is -0.508 e. The molecule has 72 valence electrons. The molecule has 1 rings (SSSR count). The topological polar surface area (TPSA) is 66.5 Å². The molecule has 0 spiro atoms. The number of hydrogen-bond donors (Lipinski definition) is 3. The van der Waals surface area contributed by atoms with Crippen LogP contribution in [0.2, 0.25) is 0 Å². The summed E-state index contributed by atoms with van der Waals surface area (Å²) in [6.45, 7) is 1.32. The molecule has 0 amide bonds. The lowest BCUT2D eigenvalue weighted by atomic mass is 10.0. The summed E-state index contributed by atoms with van der Waals surface area (Å²) in [4.78, 5) is 0. The minimum absolute atomic E-state index is 0.105. The summed E-state index contributed by atoms with van der Waals surface area (Å²) in [5, 5.41) is 17.9. The summed E-state index contributed by atoms with van der Waals surface area (Å²) in [5.74, 6) is -0.698. The van der Waals surface area contributed by atoms with Gasteiger partial charge in [-0.05, 0) is 18.6 Å². The first-order chi connectivity index (χ1) is 6.06. The van der Waals surface area contributed by atoms with Gasteiger partial charge in [0.2, 0.25) is 0 Å². The van der Waals surface area contributed by atoms with Crippen molar-refractivity contribution in [2.24, 2.45) is 5.73 Å². The van der Waals surface area contributed by atoms with Gasteiger partial charge in [0.25, 0.3) is 0 Å². The highest BCUT2D eigenvalue weighted by Gasteiger charge is 2.12. The molecule has 0 saturated heterocycles. The highest BCUT2D eigenvalue weighted by molar-refractivity contribution is 5.37. The van der Waals surface area contributed by atoms with Gasteiger partial charge in [0.1, 0.15) is 11.6 Å². The Morgan fingerprint density at radius 3 is 2.69 bits per heavy atom. The molecule has 0 heterocycles. The van der Waals surface area contributed by atoms with Gasteiger partial charge in [-0.15, -0.1) is 0 Å². The smallest absolute Gasteiger partial charge is 0.131 e. The zero-order valence-electron chi connectivity index (χ0n) is 7.29. The van der Waals surface area contributed by atoms with E-state index >= 15 is 0 Å². The molecular formula is C9H12FNO2. The molecule has 1 unspecified atom stereocenters. The Bertz CT molecular complexity index is 315. The van der Waals surface area contributed by atoms with Crippen LogP contribution in [0.5, 0.6) is 5.75 Å². The minimum atomic E-state index is -0.737. The number of aromatic hydroxyl groups is 1. The van der Waals surface area contributed by atoms with Crippen molar-refractivity contribution >= 4 is 0 Å². The summed E-state index contributed by atoms with van der Waals surface area (Å²) in [6, 6.07) is 1.70. The van der Waals surface area contributed by atoms with E-state index in [-0.39, 0.29) is 17.9 Å². The number of rotatable bonds is 2. The van der Waals surface area contributed by atoms with Crippen LogP contribution in [-0.4, -0.2) is 16.8 Å². The van der Waals surface area contributed by atoms with Crippen LogP contribution in [0.3, 0.4) is 0 Å². The zero-order chi connectivity index (χ0) is 10.0. The van der Waals surface area contributed by atoms with Gasteiger partial charge in [0.05, 0.1) is 12.6 Å². The molecule has 0 aliphatic carbocycles. The second kappa shape index (κ2) is 3.72. The second-order valence-corrected chi connectivity index (χ2v) is 2.95. The number of aliphatic hydroxyl groups excluding tert-OH is 1. The molecule has 4 heteroatoms. The van der Waals surface area contributed by atoms with Crippen LogP contribution >= 0.6 is 0 Å². The van der Waals surface area contributed by atoms with Crippen molar-refractivity contribution in [3.05, 3.63) is 29.1 Å². The lowest BCUT2D eigenvalue weighted by Crippen LogP contribution is -2.16. The van der Waals surface area contributed by atoms with Gasteiger partial charge >= 0.3 is 0 Å². The summed E-state index contributed by atoms with van der Waals surface area (Å²) in [6.07, 6.45) is 0. The van der Waals surface area contributed by atoms with Gasteiger partial charge in [-0.1, -0.05) is 0 Å². The Morgan fingerprint density at radius 1 is 1.54 bits per heavy atom. The molecule has 0 bridgehead atoms. The van der Waals surface area contributed by atoms with Crippen LogP contribution < -0.4 is 5.73 Å². The number of aliphatic hydroxyl groups is 1. The fourth-order valence-electron chi connectivity index (χ4n) is 1.08. The number of hydrogen-bond acceptors (Lipinski definition) is 3. The molecule has 0 radical (unpaired) electrons. The first-order valence-electron chi connectivity index (χ1n) is 3.91. The first kappa shape index (κ1) is 9.95. The van der Waals surface area contributed by atoms with Crippen LogP contribution in [0.15, 0.2) is 12.1 Å². The SMILES string of the molecule is Cc1cc(C(N)CO)c(F)cc1O. The quantitative estimate of drug-likeness (QED) is 0.639. The highest BCUT2D eigenvalue weighted by atomic mass is 19.1. The lowest BCUT2D eigenvalue weighted by molar-refractivity contribution is 0.265. The molecule has 3 nitrogen and oxygen atoms in total. The number of benzene rings is 1. The molecule has 1 atom stereocenters.